The Labute approximate surface area is 184 Å². The lowest BCUT2D eigenvalue weighted by molar-refractivity contribution is -0.266. The van der Waals surface area contributed by atoms with Gasteiger partial charge in [0, 0.05) is 11.3 Å². The number of fused-ring (bicyclic) bond motifs is 1. The molecule has 9 heteroatoms. The zero-order valence-corrected chi connectivity index (χ0v) is 18.2. The molecule has 1 N–H and O–H groups in total. The maximum Gasteiger partial charge on any atom is 0.288 e. The van der Waals surface area contributed by atoms with Crippen LogP contribution in [-0.4, -0.2) is 41.8 Å². The van der Waals surface area contributed by atoms with Gasteiger partial charge in [-0.25, -0.2) is 14.8 Å². The Morgan fingerprint density at radius 3 is 2.61 bits per heavy atom. The fraction of sp³-hybridized carbons (Fsp3) is 0.227. The summed E-state index contributed by atoms with van der Waals surface area (Å²) < 4.78 is 5.33. The zero-order chi connectivity index (χ0) is 21.8. The number of nitrogens with zero attached hydrogens (tertiary/aromatic N) is 3. The number of para-hydroxylation sites is 2. The number of benzene rings is 2. The van der Waals surface area contributed by atoms with Gasteiger partial charge < -0.3 is 4.74 Å². The Morgan fingerprint density at radius 1 is 1.13 bits per heavy atom. The Morgan fingerprint density at radius 2 is 1.87 bits per heavy atom. The summed E-state index contributed by atoms with van der Waals surface area (Å²) in [7, 11) is 3.04. The van der Waals surface area contributed by atoms with E-state index in [9.17, 15) is 4.79 Å². The van der Waals surface area contributed by atoms with Crippen LogP contribution in [0.3, 0.4) is 0 Å². The van der Waals surface area contributed by atoms with E-state index in [1.807, 2.05) is 61.5 Å². The Hall–Kier alpha value is -3.14. The number of hydrazone groups is 1. The fourth-order valence-corrected chi connectivity index (χ4v) is 4.37. The maximum atomic E-state index is 13.4. The molecule has 0 aromatic heterocycles. The van der Waals surface area contributed by atoms with Gasteiger partial charge in [0.2, 0.25) is 0 Å². The number of amidine groups is 1. The minimum absolute atomic E-state index is 0.194. The summed E-state index contributed by atoms with van der Waals surface area (Å²) in [4.78, 5) is 29.7. The van der Waals surface area contributed by atoms with Crippen LogP contribution in [-0.2, 0) is 14.6 Å². The molecule has 0 saturated carbocycles. The topological polar surface area (TPSA) is 84.7 Å². The van der Waals surface area contributed by atoms with E-state index < -0.39 is 0 Å². The van der Waals surface area contributed by atoms with Crippen molar-refractivity contribution in [3.63, 3.8) is 0 Å². The van der Waals surface area contributed by atoms with Gasteiger partial charge >= 0.3 is 0 Å². The Kier molecular flexibility index (Phi) is 6.36. The van der Waals surface area contributed by atoms with E-state index in [0.29, 0.717) is 21.6 Å². The first-order chi connectivity index (χ1) is 15.1. The zero-order valence-electron chi connectivity index (χ0n) is 17.4. The molecule has 1 atom stereocenters. The van der Waals surface area contributed by atoms with E-state index in [-0.39, 0.29) is 18.6 Å². The number of allylic oxidation sites excluding steroid dienone is 1. The lowest BCUT2D eigenvalue weighted by atomic mass is 9.95. The molecule has 31 heavy (non-hydrogen) atoms. The van der Waals surface area contributed by atoms with Crippen LogP contribution < -0.4 is 10.2 Å². The van der Waals surface area contributed by atoms with Crippen LogP contribution in [0.4, 0.5) is 5.69 Å². The van der Waals surface area contributed by atoms with E-state index in [4.69, 9.17) is 14.5 Å². The molecular formula is C22H22N4O4S. The third kappa shape index (κ3) is 4.20. The molecule has 160 valence electrons. The quantitative estimate of drug-likeness (QED) is 0.520. The Balaban J connectivity index is 1.67. The van der Waals surface area contributed by atoms with E-state index in [1.165, 1.54) is 18.9 Å². The monoisotopic (exact) mass is 438 g/mol. The smallest absolute Gasteiger partial charge is 0.288 e. The molecule has 0 radical (unpaired) electrons. The molecule has 2 aliphatic heterocycles. The largest absolute Gasteiger partial charge is 0.495 e. The average Bonchev–Trinajstić information content (AvgIpc) is 3.11. The molecular weight excluding hydrogens is 416 g/mol. The summed E-state index contributed by atoms with van der Waals surface area (Å²) in [6.07, 6.45) is 0. The van der Waals surface area contributed by atoms with E-state index in [1.54, 1.807) is 12.0 Å². The molecule has 1 saturated heterocycles. The first kappa shape index (κ1) is 21.1. The number of amides is 1. The van der Waals surface area contributed by atoms with E-state index >= 15 is 0 Å². The maximum absolute atomic E-state index is 13.4. The highest BCUT2D eigenvalue weighted by molar-refractivity contribution is 8.29. The third-order valence-electron chi connectivity index (χ3n) is 4.94. The molecule has 1 fully saturated rings. The van der Waals surface area contributed by atoms with Crippen LogP contribution >= 0.6 is 11.8 Å². The van der Waals surface area contributed by atoms with E-state index in [2.05, 4.69) is 15.5 Å². The molecule has 0 spiro atoms. The Bertz CT molecular complexity index is 1070. The van der Waals surface area contributed by atoms with Gasteiger partial charge in [-0.2, -0.15) is 5.10 Å². The van der Waals surface area contributed by atoms with Crippen molar-refractivity contribution in [3.8, 4) is 5.75 Å². The van der Waals surface area contributed by atoms with Crippen molar-refractivity contribution in [2.75, 3.05) is 26.3 Å². The van der Waals surface area contributed by atoms with Crippen LogP contribution in [0.1, 0.15) is 18.5 Å². The minimum Gasteiger partial charge on any atom is -0.495 e. The summed E-state index contributed by atoms with van der Waals surface area (Å²) in [5.41, 5.74) is 6.20. The van der Waals surface area contributed by atoms with E-state index in [0.717, 1.165) is 16.8 Å². The normalized spacial score (nSPS) is 19.5. The van der Waals surface area contributed by atoms with Gasteiger partial charge in [0.25, 0.3) is 5.91 Å². The van der Waals surface area contributed by atoms with Gasteiger partial charge in [-0.3, -0.25) is 15.1 Å². The standard InChI is InChI=1S/C22H22N4O4S/c1-14-16(13-30-29-3)19(15-9-5-4-6-10-15)26-21(27)20(31-22(26)23-14)25-24-17-11-7-8-12-18(17)28-2/h4-12,19,24H,13H2,1-3H3/b25-20-. The number of thioether (sulfide) groups is 1. The molecule has 1 unspecified atom stereocenters. The third-order valence-corrected chi connectivity index (χ3v) is 5.87. The summed E-state index contributed by atoms with van der Waals surface area (Å²) >= 11 is 1.23. The van der Waals surface area contributed by atoms with Crippen molar-refractivity contribution in [1.82, 2.24) is 4.90 Å². The van der Waals surface area contributed by atoms with Gasteiger partial charge in [0.1, 0.15) is 12.4 Å². The summed E-state index contributed by atoms with van der Waals surface area (Å²) in [6, 6.07) is 16.8. The highest BCUT2D eigenvalue weighted by Gasteiger charge is 2.44. The number of hydrogen-bond acceptors (Lipinski definition) is 8. The molecule has 2 aliphatic rings. The lowest BCUT2D eigenvalue weighted by Gasteiger charge is -2.33. The van der Waals surface area contributed by atoms with Crippen LogP contribution in [0.5, 0.6) is 5.75 Å². The number of anilines is 1. The molecule has 2 aromatic rings. The predicted octanol–water partition coefficient (Wildman–Crippen LogP) is 3.96. The van der Waals surface area contributed by atoms with Crippen molar-refractivity contribution in [2.45, 2.75) is 13.0 Å². The van der Waals surface area contributed by atoms with Gasteiger partial charge in [-0.15, -0.1) is 0 Å². The van der Waals surface area contributed by atoms with Crippen molar-refractivity contribution < 1.29 is 19.3 Å². The first-order valence-corrected chi connectivity index (χ1v) is 10.4. The molecule has 2 aromatic carbocycles. The first-order valence-electron chi connectivity index (χ1n) is 9.61. The minimum atomic E-state index is -0.359. The second-order valence-electron chi connectivity index (χ2n) is 6.75. The van der Waals surface area contributed by atoms with Crippen molar-refractivity contribution in [3.05, 3.63) is 71.4 Å². The summed E-state index contributed by atoms with van der Waals surface area (Å²) in [5, 5.41) is 5.23. The summed E-state index contributed by atoms with van der Waals surface area (Å²) in [6.45, 7) is 2.10. The number of methoxy groups -OCH3 is 1. The molecule has 1 amide bonds. The second kappa shape index (κ2) is 9.34. The number of ether oxygens (including phenoxy) is 1. The van der Waals surface area contributed by atoms with Gasteiger partial charge in [0.05, 0.1) is 25.9 Å². The van der Waals surface area contributed by atoms with Crippen LogP contribution in [0, 0.1) is 0 Å². The van der Waals surface area contributed by atoms with Gasteiger partial charge in [0.15, 0.2) is 10.2 Å². The number of carbonyl (C=O) groups excluding carboxylic acids is 1. The SMILES string of the molecule is COOCC1=C(C)N=C2S/C(=N\Nc3ccccc3OC)C(=O)N2C1c1ccccc1. The highest BCUT2D eigenvalue weighted by Crippen LogP contribution is 2.41. The van der Waals surface area contributed by atoms with Crippen molar-refractivity contribution in [2.24, 2.45) is 10.1 Å². The molecule has 0 bridgehead atoms. The summed E-state index contributed by atoms with van der Waals surface area (Å²) in [5.74, 6) is 0.401. The van der Waals surface area contributed by atoms with Crippen molar-refractivity contribution in [1.29, 1.82) is 0 Å². The molecule has 8 nitrogen and oxygen atoms in total. The average molecular weight is 439 g/mol. The fourth-order valence-electron chi connectivity index (χ4n) is 3.45. The van der Waals surface area contributed by atoms with Gasteiger partial charge in [-0.05, 0) is 36.4 Å². The number of nitrogens with one attached hydrogen (secondary N) is 1. The highest BCUT2D eigenvalue weighted by atomic mass is 32.2. The van der Waals surface area contributed by atoms with Crippen LogP contribution in [0.15, 0.2) is 76.0 Å². The predicted molar refractivity (Wildman–Crippen MR) is 121 cm³/mol. The molecule has 2 heterocycles. The molecule has 0 aliphatic carbocycles. The van der Waals surface area contributed by atoms with Crippen LogP contribution in [0.2, 0.25) is 0 Å². The van der Waals surface area contributed by atoms with Crippen LogP contribution in [0.25, 0.3) is 0 Å². The van der Waals surface area contributed by atoms with Gasteiger partial charge in [-0.1, -0.05) is 42.5 Å². The number of rotatable bonds is 7. The lowest BCUT2D eigenvalue weighted by Crippen LogP contribution is -2.39. The number of hydrogen-bond donors (Lipinski definition) is 1. The number of aliphatic imine (C=N–C) groups is 1. The number of carbonyl (C=O) groups is 1. The van der Waals surface area contributed by atoms with Crippen molar-refractivity contribution >= 4 is 33.6 Å². The molecule has 4 rings (SSSR count). The second-order valence-corrected chi connectivity index (χ2v) is 7.71.